The number of hydrazine groups is 1. The quantitative estimate of drug-likeness (QED) is 0.691. The number of carbonyl (C=O) groups is 1. The van der Waals surface area contributed by atoms with E-state index in [1.807, 2.05) is 24.3 Å². The molecule has 2 aliphatic heterocycles. The first-order chi connectivity index (χ1) is 11.2. The van der Waals surface area contributed by atoms with Crippen LogP contribution >= 0.6 is 0 Å². The number of nitriles is 1. The van der Waals surface area contributed by atoms with E-state index in [1.54, 1.807) is 12.0 Å². The first-order valence-corrected chi connectivity index (χ1v) is 7.80. The molecule has 0 aliphatic carbocycles. The van der Waals surface area contributed by atoms with E-state index in [0.29, 0.717) is 19.5 Å². The van der Waals surface area contributed by atoms with E-state index in [9.17, 15) is 4.79 Å². The molecule has 0 spiro atoms. The molecular formula is C16H21N5O2. The number of hydrogen-bond donors (Lipinski definition) is 3. The van der Waals surface area contributed by atoms with Crippen LogP contribution < -0.4 is 20.9 Å². The molecule has 0 bridgehead atoms. The van der Waals surface area contributed by atoms with Crippen molar-refractivity contribution in [3.8, 4) is 11.9 Å². The van der Waals surface area contributed by atoms with E-state index >= 15 is 0 Å². The second-order valence-electron chi connectivity index (χ2n) is 5.91. The molecule has 23 heavy (non-hydrogen) atoms. The van der Waals surface area contributed by atoms with Crippen molar-refractivity contribution in [3.63, 3.8) is 0 Å². The van der Waals surface area contributed by atoms with Gasteiger partial charge in [-0.2, -0.15) is 5.26 Å². The Balaban J connectivity index is 1.57. The van der Waals surface area contributed by atoms with E-state index < -0.39 is 0 Å². The van der Waals surface area contributed by atoms with Gasteiger partial charge in [0.15, 0.2) is 6.19 Å². The maximum Gasteiger partial charge on any atom is 0.238 e. The lowest BCUT2D eigenvalue weighted by Crippen LogP contribution is -2.47. The summed E-state index contributed by atoms with van der Waals surface area (Å²) in [5, 5.41) is 11.9. The van der Waals surface area contributed by atoms with Crippen LogP contribution in [-0.2, 0) is 4.79 Å². The molecule has 7 nitrogen and oxygen atoms in total. The number of para-hydroxylation sites is 1. The lowest BCUT2D eigenvalue weighted by molar-refractivity contribution is -0.123. The second-order valence-corrected chi connectivity index (χ2v) is 5.91. The van der Waals surface area contributed by atoms with Gasteiger partial charge in [0, 0.05) is 24.7 Å². The summed E-state index contributed by atoms with van der Waals surface area (Å²) in [4.78, 5) is 14.1. The third-order valence-electron chi connectivity index (χ3n) is 4.41. The van der Waals surface area contributed by atoms with Crippen LogP contribution in [0.5, 0.6) is 5.75 Å². The highest BCUT2D eigenvalue weighted by atomic mass is 16.5. The van der Waals surface area contributed by atoms with Crippen LogP contribution in [0, 0.1) is 11.5 Å². The molecule has 3 N–H and O–H groups in total. The maximum atomic E-state index is 12.4. The van der Waals surface area contributed by atoms with Crippen molar-refractivity contribution < 1.29 is 9.53 Å². The number of carbonyl (C=O) groups excluding carboxylic acids is 1. The van der Waals surface area contributed by atoms with Gasteiger partial charge in [0.2, 0.25) is 5.91 Å². The van der Waals surface area contributed by atoms with Crippen molar-refractivity contribution in [1.29, 1.82) is 5.26 Å². The van der Waals surface area contributed by atoms with Crippen molar-refractivity contribution in [3.05, 3.63) is 29.8 Å². The predicted molar refractivity (Wildman–Crippen MR) is 84.1 cm³/mol. The van der Waals surface area contributed by atoms with Gasteiger partial charge in [0.05, 0.1) is 13.2 Å². The molecule has 3 atom stereocenters. The summed E-state index contributed by atoms with van der Waals surface area (Å²) in [7, 11) is 1.65. The molecule has 0 aromatic heterocycles. The molecule has 0 saturated carbocycles. The minimum atomic E-state index is -0.291. The molecule has 2 heterocycles. The molecule has 3 unspecified atom stereocenters. The first-order valence-electron chi connectivity index (χ1n) is 7.80. The van der Waals surface area contributed by atoms with Crippen LogP contribution in [0.2, 0.25) is 0 Å². The van der Waals surface area contributed by atoms with Crippen molar-refractivity contribution >= 4 is 5.91 Å². The first kappa shape index (κ1) is 15.6. The van der Waals surface area contributed by atoms with E-state index in [-0.39, 0.29) is 24.0 Å². The van der Waals surface area contributed by atoms with E-state index in [1.165, 1.54) is 0 Å². The highest BCUT2D eigenvalue weighted by Gasteiger charge is 2.33. The smallest absolute Gasteiger partial charge is 0.238 e. The zero-order valence-corrected chi connectivity index (χ0v) is 13.1. The molecule has 0 radical (unpaired) electrons. The molecule has 2 saturated heterocycles. The van der Waals surface area contributed by atoms with Crippen LogP contribution in [0.4, 0.5) is 0 Å². The molecule has 1 amide bonds. The molecule has 7 heteroatoms. The molecule has 2 aliphatic rings. The van der Waals surface area contributed by atoms with Crippen molar-refractivity contribution in [2.45, 2.75) is 31.0 Å². The van der Waals surface area contributed by atoms with Gasteiger partial charge in [-0.1, -0.05) is 18.2 Å². The van der Waals surface area contributed by atoms with E-state index in [0.717, 1.165) is 17.7 Å². The number of likely N-dealkylation sites (tertiary alicyclic amines) is 1. The average Bonchev–Trinajstić information content (AvgIpc) is 3.24. The summed E-state index contributed by atoms with van der Waals surface area (Å²) in [5.41, 5.74) is 7.27. The van der Waals surface area contributed by atoms with Gasteiger partial charge in [-0.25, -0.2) is 10.9 Å². The topological polar surface area (TPSA) is 89.4 Å². The van der Waals surface area contributed by atoms with Gasteiger partial charge in [0.1, 0.15) is 11.8 Å². The number of amides is 1. The summed E-state index contributed by atoms with van der Waals surface area (Å²) in [6.45, 7) is 1.31. The Bertz CT molecular complexity index is 615. The highest BCUT2D eigenvalue weighted by molar-refractivity contribution is 5.82. The van der Waals surface area contributed by atoms with Crippen molar-refractivity contribution in [2.24, 2.45) is 0 Å². The zero-order valence-electron chi connectivity index (χ0n) is 13.1. The van der Waals surface area contributed by atoms with Gasteiger partial charge in [0.25, 0.3) is 0 Å². The van der Waals surface area contributed by atoms with Crippen LogP contribution in [0.3, 0.4) is 0 Å². The number of nitrogens with zero attached hydrogens (tertiary/aromatic N) is 2. The fourth-order valence-electron chi connectivity index (χ4n) is 3.16. The molecular weight excluding hydrogens is 294 g/mol. The number of hydrogen-bond acceptors (Lipinski definition) is 6. The van der Waals surface area contributed by atoms with Crippen LogP contribution in [-0.4, -0.2) is 43.1 Å². The SMILES string of the molecule is COc1ccccc1C1CC(C(=O)NC2CCN(C#N)C2)NN1. The van der Waals surface area contributed by atoms with Crippen LogP contribution in [0.25, 0.3) is 0 Å². The Hall–Kier alpha value is -2.30. The Morgan fingerprint density at radius 2 is 2.26 bits per heavy atom. The number of rotatable bonds is 4. The highest BCUT2D eigenvalue weighted by Crippen LogP contribution is 2.29. The van der Waals surface area contributed by atoms with Crippen molar-refractivity contribution in [2.75, 3.05) is 20.2 Å². The number of methoxy groups -OCH3 is 1. The van der Waals surface area contributed by atoms with Gasteiger partial charge in [-0.3, -0.25) is 4.79 Å². The molecule has 1 aromatic rings. The standard InChI is InChI=1S/C16H21N5O2/c1-23-15-5-3-2-4-12(15)13-8-14(20-19-13)16(22)18-11-6-7-21(9-11)10-17/h2-5,11,13-14,19-20H,6-9H2,1H3,(H,18,22). The average molecular weight is 315 g/mol. The van der Waals surface area contributed by atoms with E-state index in [2.05, 4.69) is 22.4 Å². The predicted octanol–water partition coefficient (Wildman–Crippen LogP) is 0.274. The zero-order chi connectivity index (χ0) is 16.2. The lowest BCUT2D eigenvalue weighted by Gasteiger charge is -2.16. The Kier molecular flexibility index (Phi) is 4.65. The van der Waals surface area contributed by atoms with Crippen LogP contribution in [0.1, 0.15) is 24.4 Å². The van der Waals surface area contributed by atoms with Gasteiger partial charge in [-0.15, -0.1) is 0 Å². The monoisotopic (exact) mass is 315 g/mol. The minimum absolute atomic E-state index is 0.0281. The third kappa shape index (κ3) is 3.38. The fraction of sp³-hybridized carbons (Fsp3) is 0.500. The Labute approximate surface area is 135 Å². The summed E-state index contributed by atoms with van der Waals surface area (Å²) in [6, 6.07) is 7.59. The second kappa shape index (κ2) is 6.86. The number of benzene rings is 1. The molecule has 2 fully saturated rings. The van der Waals surface area contributed by atoms with Crippen molar-refractivity contribution in [1.82, 2.24) is 21.1 Å². The summed E-state index contributed by atoms with van der Waals surface area (Å²) in [6.07, 6.45) is 3.59. The van der Waals surface area contributed by atoms with Gasteiger partial charge >= 0.3 is 0 Å². The molecule has 3 rings (SSSR count). The molecule has 1 aromatic carbocycles. The summed E-state index contributed by atoms with van der Waals surface area (Å²) < 4.78 is 5.38. The number of nitrogens with one attached hydrogen (secondary N) is 3. The summed E-state index contributed by atoms with van der Waals surface area (Å²) in [5.74, 6) is 0.785. The van der Waals surface area contributed by atoms with Crippen LogP contribution in [0.15, 0.2) is 24.3 Å². The normalized spacial score (nSPS) is 26.8. The van der Waals surface area contributed by atoms with E-state index in [4.69, 9.17) is 10.00 Å². The third-order valence-corrected chi connectivity index (χ3v) is 4.41. The molecule has 122 valence electrons. The Morgan fingerprint density at radius 1 is 1.43 bits per heavy atom. The Morgan fingerprint density at radius 3 is 3.00 bits per heavy atom. The minimum Gasteiger partial charge on any atom is -0.496 e. The van der Waals surface area contributed by atoms with Gasteiger partial charge in [-0.05, 0) is 18.9 Å². The lowest BCUT2D eigenvalue weighted by atomic mass is 10.0. The largest absolute Gasteiger partial charge is 0.496 e. The number of ether oxygens (including phenoxy) is 1. The maximum absolute atomic E-state index is 12.4. The van der Waals surface area contributed by atoms with Gasteiger partial charge < -0.3 is 15.0 Å². The summed E-state index contributed by atoms with van der Waals surface area (Å²) >= 11 is 0. The fourth-order valence-corrected chi connectivity index (χ4v) is 3.16.